The van der Waals surface area contributed by atoms with Crippen molar-refractivity contribution in [2.75, 3.05) is 24.7 Å². The normalized spacial score (nSPS) is 38.2. The van der Waals surface area contributed by atoms with Crippen LogP contribution in [0, 0.1) is 58.7 Å². The highest BCUT2D eigenvalue weighted by atomic mass is 33.1. The van der Waals surface area contributed by atoms with E-state index in [0.29, 0.717) is 55.0 Å². The summed E-state index contributed by atoms with van der Waals surface area (Å²) in [5, 5.41) is 62.0. The number of benzene rings is 1. The molecule has 9 N–H and O–H groups in total. The molecule has 0 unspecified atom stereocenters. The van der Waals surface area contributed by atoms with E-state index in [-0.39, 0.29) is 53.1 Å². The van der Waals surface area contributed by atoms with Crippen LogP contribution in [0.2, 0.25) is 0 Å². The predicted molar refractivity (Wildman–Crippen MR) is 231 cm³/mol. The lowest BCUT2D eigenvalue weighted by molar-refractivity contribution is -0.0370. The summed E-state index contributed by atoms with van der Waals surface area (Å²) in [5.41, 5.74) is 13.0. The molecule has 11 heteroatoms. The van der Waals surface area contributed by atoms with Crippen molar-refractivity contribution in [3.05, 3.63) is 94.1 Å². The van der Waals surface area contributed by atoms with Gasteiger partial charge in [-0.05, 0) is 122 Å². The second kappa shape index (κ2) is 16.7. The number of fused-ring (bicyclic) bond motifs is 5. The molecule has 1 aromatic heterocycles. The van der Waals surface area contributed by atoms with Gasteiger partial charge in [-0.25, -0.2) is 0 Å². The number of aromatic nitrogens is 1. The molecule has 1 saturated carbocycles. The molecule has 3 heterocycles. The van der Waals surface area contributed by atoms with Gasteiger partial charge in [-0.3, -0.25) is 0 Å². The van der Waals surface area contributed by atoms with Crippen LogP contribution in [0.5, 0.6) is 11.5 Å². The zero-order valence-electron chi connectivity index (χ0n) is 33.4. The van der Waals surface area contributed by atoms with Crippen molar-refractivity contribution >= 4 is 21.6 Å². The van der Waals surface area contributed by atoms with Gasteiger partial charge in [-0.2, -0.15) is 0 Å². The molecule has 10 rings (SSSR count). The summed E-state index contributed by atoms with van der Waals surface area (Å²) < 4.78 is 6.84. The van der Waals surface area contributed by atoms with Gasteiger partial charge in [0.25, 0.3) is 0 Å². The number of phenolic OH excluding ortho intramolecular Hbond substituents is 1. The lowest BCUT2D eigenvalue weighted by Gasteiger charge is -2.37. The van der Waals surface area contributed by atoms with Gasteiger partial charge >= 0.3 is 0 Å². The van der Waals surface area contributed by atoms with Gasteiger partial charge < -0.3 is 46.3 Å². The van der Waals surface area contributed by atoms with Crippen LogP contribution in [-0.4, -0.2) is 79.6 Å². The molecule has 13 atom stereocenters. The van der Waals surface area contributed by atoms with Crippen molar-refractivity contribution in [2.45, 2.75) is 95.0 Å². The summed E-state index contributed by atoms with van der Waals surface area (Å²) in [4.78, 5) is 3.36. The fourth-order valence-electron chi connectivity index (χ4n) is 11.7. The summed E-state index contributed by atoms with van der Waals surface area (Å²) >= 11 is 0. The van der Waals surface area contributed by atoms with E-state index in [1.54, 1.807) is 27.7 Å². The second-order valence-corrected chi connectivity index (χ2v) is 20.6. The Morgan fingerprint density at radius 3 is 2.74 bits per heavy atom. The maximum atomic E-state index is 12.2. The van der Waals surface area contributed by atoms with Crippen LogP contribution in [-0.2, 0) is 12.8 Å². The molecule has 1 aromatic carbocycles. The zero-order valence-corrected chi connectivity index (χ0v) is 35.0. The molecule has 2 fully saturated rings. The standard InChI is InChI=1S/C47H59N3O6S2/c1-2-47-11-9-29-15-27-6-7-28-18-39(52)41(21-37(28)36(27)20-40(53)43(29)45(55)31-14-26(22-47)5-8-33(47)16-31)56-42-19-30(17-34-4-3-12-49-34)35-10-13-50-46(48)38(35)25-58-57-24-32(23-51)44(42)54/h3-5,8,10,12,15,18,21,26,29-33,36,40,42-45,49-55H,2,6-7,13-14,16-17,19-20,22-25,48H2,1H3/t26-,29+,30-,31-,32+,33+,36-,40-,42+,43-,44+,45+,47+/m1/s1. The first-order valence-corrected chi connectivity index (χ1v) is 24.0. The van der Waals surface area contributed by atoms with Crippen LogP contribution < -0.4 is 15.8 Å². The van der Waals surface area contributed by atoms with Crippen LogP contribution in [0.1, 0.15) is 74.6 Å². The highest BCUT2D eigenvalue weighted by Crippen LogP contribution is 2.55. The third-order valence-electron chi connectivity index (χ3n) is 14.9. The Kier molecular flexibility index (Phi) is 11.5. The van der Waals surface area contributed by atoms with E-state index in [9.17, 15) is 25.5 Å². The number of dihydropyridines is 1. The van der Waals surface area contributed by atoms with Gasteiger partial charge in [0.1, 0.15) is 11.9 Å². The number of aryl methyl sites for hydroxylation is 1. The number of ether oxygens (including phenoxy) is 1. The Morgan fingerprint density at radius 2 is 1.93 bits per heavy atom. The SMILES string of the molecule is CC[C@@]12C#C[C@H]3C=C4CCc5cc(O)c(O[C@H]6C[C@@H](Cc7ccc[nH]7)C7=CCNC(N)=C7CSSC[C@H](CO)[C@@H]6O)cc5[C@@H]4C[C@@H](O)[C@@H]3[C@@H](O)[C@@H]3C[C@@H](C=C[C@H]1C3)C2. The summed E-state index contributed by atoms with van der Waals surface area (Å²) in [5.74, 6) is 9.20. The fraction of sp³-hybridized carbons (Fsp3) is 0.574. The lowest BCUT2D eigenvalue weighted by Crippen LogP contribution is -2.42. The van der Waals surface area contributed by atoms with E-state index in [1.807, 2.05) is 18.3 Å². The maximum absolute atomic E-state index is 12.2. The average molecular weight is 826 g/mol. The largest absolute Gasteiger partial charge is 0.504 e. The quantitative estimate of drug-likeness (QED) is 0.0969. The van der Waals surface area contributed by atoms with Gasteiger partial charge in [0.2, 0.25) is 0 Å². The minimum absolute atomic E-state index is 0.0127. The summed E-state index contributed by atoms with van der Waals surface area (Å²) in [7, 11) is 3.28. The Labute approximate surface area is 350 Å². The highest BCUT2D eigenvalue weighted by Gasteiger charge is 2.50. The monoisotopic (exact) mass is 825 g/mol. The number of aliphatic hydroxyl groups excluding tert-OH is 4. The molecule has 8 aliphatic rings. The molecule has 310 valence electrons. The molecule has 2 aliphatic heterocycles. The van der Waals surface area contributed by atoms with E-state index in [0.717, 1.165) is 66.5 Å². The predicted octanol–water partition coefficient (Wildman–Crippen LogP) is 6.11. The molecule has 9 nitrogen and oxygen atoms in total. The first-order valence-electron chi connectivity index (χ1n) is 21.5. The first-order chi connectivity index (χ1) is 28.1. The maximum Gasteiger partial charge on any atom is 0.161 e. The number of aromatic amines is 1. The summed E-state index contributed by atoms with van der Waals surface area (Å²) in [6, 6.07) is 7.79. The smallest absolute Gasteiger partial charge is 0.161 e. The molecule has 0 radical (unpaired) electrons. The number of rotatable bonds is 6. The Bertz CT molecular complexity index is 2040. The Hall–Kier alpha value is -3.24. The molecular weight excluding hydrogens is 767 g/mol. The number of allylic oxidation sites excluding steroid dienone is 5. The van der Waals surface area contributed by atoms with Crippen LogP contribution in [0.3, 0.4) is 0 Å². The van der Waals surface area contributed by atoms with Gasteiger partial charge in [-0.1, -0.05) is 70.2 Å². The molecule has 2 aromatic rings. The van der Waals surface area contributed by atoms with Crippen LogP contribution in [0.25, 0.3) is 0 Å². The molecule has 4 bridgehead atoms. The molecule has 58 heavy (non-hydrogen) atoms. The Balaban J connectivity index is 1.06. The number of phenols is 1. The van der Waals surface area contributed by atoms with E-state index in [1.165, 1.54) is 5.57 Å². The topological polar surface area (TPSA) is 164 Å². The number of H-pyrrole nitrogens is 1. The molecule has 6 aliphatic carbocycles. The van der Waals surface area contributed by atoms with Gasteiger partial charge in [0.15, 0.2) is 11.5 Å². The first kappa shape index (κ1) is 40.2. The van der Waals surface area contributed by atoms with Crippen molar-refractivity contribution in [1.82, 2.24) is 10.3 Å². The number of hydrogen-bond donors (Lipinski definition) is 8. The summed E-state index contributed by atoms with van der Waals surface area (Å²) in [6.45, 7) is 2.66. The molecule has 0 spiro atoms. The molecular formula is C47H59N3O6S2. The number of nitrogens with two attached hydrogens (primary N) is 1. The van der Waals surface area contributed by atoms with E-state index in [2.05, 4.69) is 59.4 Å². The van der Waals surface area contributed by atoms with Crippen molar-refractivity contribution < 1.29 is 30.3 Å². The van der Waals surface area contributed by atoms with E-state index >= 15 is 0 Å². The van der Waals surface area contributed by atoms with Gasteiger partial charge in [0, 0.05) is 71.2 Å². The average Bonchev–Trinajstić information content (AvgIpc) is 3.50. The fourth-order valence-corrected chi connectivity index (χ4v) is 14.2. The minimum Gasteiger partial charge on any atom is -0.504 e. The third-order valence-corrected chi connectivity index (χ3v) is 17.3. The van der Waals surface area contributed by atoms with Crippen molar-refractivity contribution in [2.24, 2.45) is 52.6 Å². The number of aromatic hydroxyl groups is 1. The zero-order chi connectivity index (χ0) is 40.1. The van der Waals surface area contributed by atoms with E-state index in [4.69, 9.17) is 10.5 Å². The van der Waals surface area contributed by atoms with Crippen LogP contribution >= 0.6 is 21.6 Å². The molecule has 1 saturated heterocycles. The van der Waals surface area contributed by atoms with Crippen molar-refractivity contribution in [3.63, 3.8) is 0 Å². The van der Waals surface area contributed by atoms with E-state index < -0.39 is 30.3 Å². The number of hydrogen-bond acceptors (Lipinski definition) is 10. The Morgan fingerprint density at radius 1 is 1.05 bits per heavy atom. The highest BCUT2D eigenvalue weighted by molar-refractivity contribution is 8.76. The second-order valence-electron chi connectivity index (χ2n) is 18.1. The van der Waals surface area contributed by atoms with Crippen molar-refractivity contribution in [1.29, 1.82) is 0 Å². The van der Waals surface area contributed by atoms with Gasteiger partial charge in [0.05, 0.1) is 18.3 Å². The third kappa shape index (κ3) is 7.56. The minimum atomic E-state index is -1.02. The van der Waals surface area contributed by atoms with Crippen molar-refractivity contribution in [3.8, 4) is 23.3 Å². The number of aliphatic hydroxyl groups is 4. The van der Waals surface area contributed by atoms with Gasteiger partial charge in [-0.15, -0.1) is 0 Å². The molecule has 0 amide bonds. The number of nitrogens with one attached hydrogen (secondary N) is 2. The van der Waals surface area contributed by atoms with Crippen LogP contribution in [0.15, 0.2) is 77.3 Å². The van der Waals surface area contributed by atoms with Crippen LogP contribution in [0.4, 0.5) is 0 Å². The lowest BCUT2D eigenvalue weighted by atomic mass is 9.65. The summed E-state index contributed by atoms with van der Waals surface area (Å²) in [6.07, 6.45) is 14.8.